The van der Waals surface area contributed by atoms with Crippen LogP contribution in [0.2, 0.25) is 0 Å². The molecule has 0 aromatic heterocycles. The maximum absolute atomic E-state index is 6.69. The quantitative estimate of drug-likeness (QED) is 0.706. The zero-order valence-electron chi connectivity index (χ0n) is 12.0. The van der Waals surface area contributed by atoms with Gasteiger partial charge in [0.1, 0.15) is 17.2 Å². The first-order valence-corrected chi connectivity index (χ1v) is 7.53. The van der Waals surface area contributed by atoms with E-state index in [4.69, 9.17) is 25.8 Å². The van der Waals surface area contributed by atoms with Gasteiger partial charge in [-0.05, 0) is 30.3 Å². The van der Waals surface area contributed by atoms with Crippen molar-refractivity contribution in [3.05, 3.63) is 52.0 Å². The molecule has 2 aromatic rings. The molecule has 0 aliphatic carbocycles. The summed E-state index contributed by atoms with van der Waals surface area (Å²) < 4.78 is 17.2. The second-order valence-electron chi connectivity index (χ2n) is 4.33. The van der Waals surface area contributed by atoms with Crippen LogP contribution < -0.4 is 14.2 Å². The average molecular weight is 372 g/mol. The Labute approximate surface area is 137 Å². The maximum atomic E-state index is 6.69. The lowest BCUT2D eigenvalue weighted by Crippen LogP contribution is -2.03. The Hall–Kier alpha value is -1.39. The van der Waals surface area contributed by atoms with Gasteiger partial charge in [0, 0.05) is 10.0 Å². The molecule has 2 aromatic carbocycles. The summed E-state index contributed by atoms with van der Waals surface area (Å²) in [6, 6.07) is 11.3. The normalized spacial score (nSPS) is 11.9. The van der Waals surface area contributed by atoms with Crippen LogP contribution in [0.4, 0.5) is 0 Å². The van der Waals surface area contributed by atoms with Gasteiger partial charge in [-0.25, -0.2) is 0 Å². The van der Waals surface area contributed by atoms with E-state index in [1.165, 1.54) is 0 Å². The molecular formula is C16H16BrClO3. The lowest BCUT2D eigenvalue weighted by molar-refractivity contribution is 0.384. The Balaban J connectivity index is 2.59. The summed E-state index contributed by atoms with van der Waals surface area (Å²) in [5.74, 6) is 2.07. The van der Waals surface area contributed by atoms with Gasteiger partial charge < -0.3 is 14.2 Å². The van der Waals surface area contributed by atoms with Crippen molar-refractivity contribution in [1.29, 1.82) is 0 Å². The van der Waals surface area contributed by atoms with E-state index >= 15 is 0 Å². The average Bonchev–Trinajstić information content (AvgIpc) is 2.53. The lowest BCUT2D eigenvalue weighted by Gasteiger charge is -2.19. The predicted octanol–water partition coefficient (Wildman–Crippen LogP) is 4.80. The van der Waals surface area contributed by atoms with Crippen molar-refractivity contribution in [2.24, 2.45) is 0 Å². The van der Waals surface area contributed by atoms with Crippen molar-refractivity contribution in [3.63, 3.8) is 0 Å². The Morgan fingerprint density at radius 2 is 1.48 bits per heavy atom. The van der Waals surface area contributed by atoms with E-state index in [-0.39, 0.29) is 0 Å². The van der Waals surface area contributed by atoms with Gasteiger partial charge >= 0.3 is 0 Å². The molecule has 21 heavy (non-hydrogen) atoms. The van der Waals surface area contributed by atoms with Gasteiger partial charge in [0.15, 0.2) is 0 Å². The Morgan fingerprint density at radius 1 is 0.905 bits per heavy atom. The van der Waals surface area contributed by atoms with Crippen molar-refractivity contribution < 1.29 is 14.2 Å². The molecule has 1 atom stereocenters. The Bertz CT molecular complexity index is 609. The minimum atomic E-state index is -0.455. The summed E-state index contributed by atoms with van der Waals surface area (Å²) in [6.45, 7) is 0. The number of ether oxygens (including phenoxy) is 3. The van der Waals surface area contributed by atoms with E-state index in [2.05, 4.69) is 15.9 Å². The van der Waals surface area contributed by atoms with Gasteiger partial charge in [0.05, 0.1) is 32.3 Å². The highest BCUT2D eigenvalue weighted by atomic mass is 79.9. The van der Waals surface area contributed by atoms with Crippen LogP contribution in [0.25, 0.3) is 0 Å². The number of benzene rings is 2. The summed E-state index contributed by atoms with van der Waals surface area (Å²) in [5.41, 5.74) is 1.62. The van der Waals surface area contributed by atoms with Crippen LogP contribution >= 0.6 is 27.5 Å². The standard InChI is InChI=1S/C16H16BrClO3/c1-19-12-8-7-10(17)9-11(12)16(18)15-13(20-2)5-4-6-14(15)21-3/h4-9,16H,1-3H3. The van der Waals surface area contributed by atoms with Crippen LogP contribution in [0, 0.1) is 0 Å². The largest absolute Gasteiger partial charge is 0.496 e. The summed E-state index contributed by atoms with van der Waals surface area (Å²) in [7, 11) is 4.84. The third kappa shape index (κ3) is 3.27. The second kappa shape index (κ2) is 7.05. The van der Waals surface area contributed by atoms with Crippen molar-refractivity contribution >= 4 is 27.5 Å². The van der Waals surface area contributed by atoms with Gasteiger partial charge in [-0.15, -0.1) is 11.6 Å². The molecule has 3 nitrogen and oxygen atoms in total. The molecule has 0 fully saturated rings. The fraction of sp³-hybridized carbons (Fsp3) is 0.250. The van der Waals surface area contributed by atoms with Gasteiger partial charge in [0.2, 0.25) is 0 Å². The summed E-state index contributed by atoms with van der Waals surface area (Å²) in [5, 5.41) is -0.455. The third-order valence-corrected chi connectivity index (χ3v) is 4.13. The van der Waals surface area contributed by atoms with Crippen molar-refractivity contribution in [1.82, 2.24) is 0 Å². The van der Waals surface area contributed by atoms with E-state index in [0.717, 1.165) is 15.6 Å². The molecule has 0 bridgehead atoms. The third-order valence-electron chi connectivity index (χ3n) is 3.18. The number of rotatable bonds is 5. The first kappa shape index (κ1) is 16.0. The molecule has 2 rings (SSSR count). The van der Waals surface area contributed by atoms with E-state index in [9.17, 15) is 0 Å². The van der Waals surface area contributed by atoms with Crippen molar-refractivity contribution in [2.75, 3.05) is 21.3 Å². The topological polar surface area (TPSA) is 27.7 Å². The molecule has 0 amide bonds. The number of hydrogen-bond donors (Lipinski definition) is 0. The van der Waals surface area contributed by atoms with Crippen molar-refractivity contribution in [3.8, 4) is 17.2 Å². The van der Waals surface area contributed by atoms with Crippen molar-refractivity contribution in [2.45, 2.75) is 5.38 Å². The van der Waals surface area contributed by atoms with Gasteiger partial charge in [-0.3, -0.25) is 0 Å². The Morgan fingerprint density at radius 3 is 2.00 bits per heavy atom. The number of methoxy groups -OCH3 is 3. The Kier molecular flexibility index (Phi) is 5.37. The zero-order chi connectivity index (χ0) is 15.4. The van der Waals surface area contributed by atoms with Crippen LogP contribution in [-0.4, -0.2) is 21.3 Å². The van der Waals surface area contributed by atoms with E-state index in [1.807, 2.05) is 36.4 Å². The molecule has 1 unspecified atom stereocenters. The predicted molar refractivity (Wildman–Crippen MR) is 87.9 cm³/mol. The molecule has 0 heterocycles. The van der Waals surface area contributed by atoms with Gasteiger partial charge in [-0.2, -0.15) is 0 Å². The molecule has 112 valence electrons. The molecule has 5 heteroatoms. The highest BCUT2D eigenvalue weighted by Gasteiger charge is 2.23. The monoisotopic (exact) mass is 370 g/mol. The van der Waals surface area contributed by atoms with E-state index in [1.54, 1.807) is 21.3 Å². The summed E-state index contributed by atoms with van der Waals surface area (Å²) in [4.78, 5) is 0. The SMILES string of the molecule is COc1ccc(Br)cc1C(Cl)c1c(OC)cccc1OC. The zero-order valence-corrected chi connectivity index (χ0v) is 14.4. The van der Waals surface area contributed by atoms with E-state index in [0.29, 0.717) is 17.2 Å². The second-order valence-corrected chi connectivity index (χ2v) is 5.68. The lowest BCUT2D eigenvalue weighted by atomic mass is 10.0. The van der Waals surface area contributed by atoms with Gasteiger partial charge in [-0.1, -0.05) is 22.0 Å². The number of hydrogen-bond acceptors (Lipinski definition) is 3. The fourth-order valence-electron chi connectivity index (χ4n) is 2.19. The highest BCUT2D eigenvalue weighted by molar-refractivity contribution is 9.10. The summed E-state index contributed by atoms with van der Waals surface area (Å²) >= 11 is 10.2. The molecule has 0 saturated heterocycles. The fourth-order valence-corrected chi connectivity index (χ4v) is 2.95. The minimum Gasteiger partial charge on any atom is -0.496 e. The van der Waals surface area contributed by atoms with Crippen LogP contribution in [0.15, 0.2) is 40.9 Å². The van der Waals surface area contributed by atoms with Crippen LogP contribution in [0.1, 0.15) is 16.5 Å². The number of alkyl halides is 1. The van der Waals surface area contributed by atoms with Crippen LogP contribution in [0.3, 0.4) is 0 Å². The molecule has 0 radical (unpaired) electrons. The smallest absolute Gasteiger partial charge is 0.127 e. The molecular weight excluding hydrogens is 356 g/mol. The molecule has 0 aliphatic heterocycles. The molecule has 0 spiro atoms. The van der Waals surface area contributed by atoms with Crippen LogP contribution in [-0.2, 0) is 0 Å². The summed E-state index contributed by atoms with van der Waals surface area (Å²) in [6.07, 6.45) is 0. The maximum Gasteiger partial charge on any atom is 0.127 e. The molecule has 0 N–H and O–H groups in total. The first-order chi connectivity index (χ1) is 10.1. The molecule has 0 aliphatic rings. The van der Waals surface area contributed by atoms with E-state index < -0.39 is 5.38 Å². The number of halogens is 2. The molecule has 0 saturated carbocycles. The minimum absolute atomic E-state index is 0.455. The first-order valence-electron chi connectivity index (χ1n) is 6.30. The van der Waals surface area contributed by atoms with Crippen LogP contribution in [0.5, 0.6) is 17.2 Å². The van der Waals surface area contributed by atoms with Gasteiger partial charge in [0.25, 0.3) is 0 Å². The highest BCUT2D eigenvalue weighted by Crippen LogP contribution is 2.44.